The second-order valence-corrected chi connectivity index (χ2v) is 7.28. The molecule has 1 amide bonds. The zero-order valence-electron chi connectivity index (χ0n) is 16.2. The highest BCUT2D eigenvalue weighted by Gasteiger charge is 2.08. The summed E-state index contributed by atoms with van der Waals surface area (Å²) in [6.07, 6.45) is 1.49. The molecule has 0 atom stereocenters. The molecule has 0 radical (unpaired) electrons. The van der Waals surface area contributed by atoms with Gasteiger partial charge in [-0.1, -0.05) is 34.1 Å². The summed E-state index contributed by atoms with van der Waals surface area (Å²) >= 11 is 3.32. The fourth-order valence-corrected chi connectivity index (χ4v) is 2.87. The smallest absolute Gasteiger partial charge is 0.343 e. The Morgan fingerprint density at radius 1 is 1.00 bits per heavy atom. The van der Waals surface area contributed by atoms with Crippen LogP contribution in [0.1, 0.15) is 21.5 Å². The molecule has 0 bridgehead atoms. The highest BCUT2D eigenvalue weighted by Crippen LogP contribution is 2.16. The van der Waals surface area contributed by atoms with E-state index < -0.39 is 5.97 Å². The van der Waals surface area contributed by atoms with Crippen molar-refractivity contribution in [2.24, 2.45) is 5.10 Å². The zero-order chi connectivity index (χ0) is 21.3. The zero-order valence-corrected chi connectivity index (χ0v) is 17.8. The fourth-order valence-electron chi connectivity index (χ4n) is 2.47. The minimum atomic E-state index is -0.446. The number of ether oxygens (including phenoxy) is 2. The van der Waals surface area contributed by atoms with Gasteiger partial charge in [-0.3, -0.25) is 4.79 Å². The van der Waals surface area contributed by atoms with E-state index in [1.165, 1.54) is 6.21 Å². The van der Waals surface area contributed by atoms with E-state index in [-0.39, 0.29) is 12.5 Å². The Balaban J connectivity index is 1.47. The summed E-state index contributed by atoms with van der Waals surface area (Å²) in [5.74, 6) is 0.223. The van der Waals surface area contributed by atoms with Crippen LogP contribution in [-0.2, 0) is 4.79 Å². The number of carbonyl (C=O) groups is 2. The van der Waals surface area contributed by atoms with Crippen molar-refractivity contribution in [1.82, 2.24) is 5.43 Å². The largest absolute Gasteiger partial charge is 0.484 e. The lowest BCUT2D eigenvalue weighted by Crippen LogP contribution is -2.24. The molecule has 6 nitrogen and oxygen atoms in total. The number of hydrazone groups is 1. The van der Waals surface area contributed by atoms with E-state index in [4.69, 9.17) is 9.47 Å². The summed E-state index contributed by atoms with van der Waals surface area (Å²) < 4.78 is 11.6. The maximum Gasteiger partial charge on any atom is 0.343 e. The SMILES string of the molecule is Cc1cccc(OCC(=O)N/N=C/c2ccc(OC(=O)c3cccc(Br)c3)cc2)c1. The summed E-state index contributed by atoms with van der Waals surface area (Å²) in [4.78, 5) is 24.0. The molecule has 0 spiro atoms. The first kappa shape index (κ1) is 21.3. The summed E-state index contributed by atoms with van der Waals surface area (Å²) in [5, 5.41) is 3.90. The number of rotatable bonds is 7. The summed E-state index contributed by atoms with van der Waals surface area (Å²) in [6.45, 7) is 1.81. The van der Waals surface area contributed by atoms with Crippen molar-refractivity contribution < 1.29 is 19.1 Å². The summed E-state index contributed by atoms with van der Waals surface area (Å²) in [5.41, 5.74) is 4.64. The maximum absolute atomic E-state index is 12.2. The maximum atomic E-state index is 12.2. The van der Waals surface area contributed by atoms with Crippen molar-refractivity contribution in [3.8, 4) is 11.5 Å². The van der Waals surface area contributed by atoms with E-state index in [0.717, 1.165) is 15.6 Å². The second-order valence-electron chi connectivity index (χ2n) is 6.37. The molecule has 0 aliphatic rings. The Hall–Kier alpha value is -3.45. The molecule has 0 aromatic heterocycles. The predicted molar refractivity (Wildman–Crippen MR) is 118 cm³/mol. The average Bonchev–Trinajstić information content (AvgIpc) is 2.73. The van der Waals surface area contributed by atoms with Gasteiger partial charge in [0, 0.05) is 4.47 Å². The molecule has 152 valence electrons. The van der Waals surface area contributed by atoms with Crippen molar-refractivity contribution in [2.75, 3.05) is 6.61 Å². The fraction of sp³-hybridized carbons (Fsp3) is 0.0870. The van der Waals surface area contributed by atoms with Crippen LogP contribution in [0.15, 0.2) is 82.4 Å². The Kier molecular flexibility index (Phi) is 7.34. The highest BCUT2D eigenvalue weighted by atomic mass is 79.9. The molecule has 0 aliphatic carbocycles. The monoisotopic (exact) mass is 466 g/mol. The molecule has 7 heteroatoms. The van der Waals surface area contributed by atoms with Crippen LogP contribution in [0.25, 0.3) is 0 Å². The molecule has 3 aromatic rings. The molecule has 3 aromatic carbocycles. The van der Waals surface area contributed by atoms with Gasteiger partial charge in [-0.25, -0.2) is 10.2 Å². The molecule has 0 aliphatic heterocycles. The van der Waals surface area contributed by atoms with Gasteiger partial charge in [0.05, 0.1) is 11.8 Å². The standard InChI is InChI=1S/C23H19BrN2O4/c1-16-4-2-7-21(12-16)29-15-22(27)26-25-14-17-8-10-20(11-9-17)30-23(28)18-5-3-6-19(24)13-18/h2-14H,15H2,1H3,(H,26,27)/b25-14+. The molecule has 3 rings (SSSR count). The molecule has 0 unspecified atom stereocenters. The first-order valence-electron chi connectivity index (χ1n) is 9.09. The van der Waals surface area contributed by atoms with Crippen LogP contribution < -0.4 is 14.9 Å². The van der Waals surface area contributed by atoms with Crippen molar-refractivity contribution in [2.45, 2.75) is 6.92 Å². The van der Waals surface area contributed by atoms with Crippen LogP contribution >= 0.6 is 15.9 Å². The van der Waals surface area contributed by atoms with Crippen LogP contribution in [0.2, 0.25) is 0 Å². The van der Waals surface area contributed by atoms with Gasteiger partial charge in [-0.15, -0.1) is 0 Å². The number of aryl methyl sites for hydroxylation is 1. The van der Waals surface area contributed by atoms with E-state index in [2.05, 4.69) is 26.5 Å². The molecule has 30 heavy (non-hydrogen) atoms. The number of nitrogens with zero attached hydrogens (tertiary/aromatic N) is 1. The molecular formula is C23H19BrN2O4. The average molecular weight is 467 g/mol. The minimum absolute atomic E-state index is 0.134. The number of benzene rings is 3. The van der Waals surface area contributed by atoms with Crippen LogP contribution in [0.4, 0.5) is 0 Å². The summed E-state index contributed by atoms with van der Waals surface area (Å²) in [7, 11) is 0. The van der Waals surface area contributed by atoms with Gasteiger partial charge in [-0.05, 0) is 72.6 Å². The lowest BCUT2D eigenvalue weighted by Gasteiger charge is -2.06. The quantitative estimate of drug-likeness (QED) is 0.240. The van der Waals surface area contributed by atoms with Crippen molar-refractivity contribution >= 4 is 34.0 Å². The number of nitrogens with one attached hydrogen (secondary N) is 1. The van der Waals surface area contributed by atoms with Gasteiger partial charge < -0.3 is 9.47 Å². The van der Waals surface area contributed by atoms with E-state index in [9.17, 15) is 9.59 Å². The normalized spacial score (nSPS) is 10.6. The van der Waals surface area contributed by atoms with Crippen LogP contribution in [0.3, 0.4) is 0 Å². The first-order valence-corrected chi connectivity index (χ1v) is 9.88. The van der Waals surface area contributed by atoms with Crippen molar-refractivity contribution in [3.63, 3.8) is 0 Å². The van der Waals surface area contributed by atoms with Crippen molar-refractivity contribution in [1.29, 1.82) is 0 Å². The third kappa shape index (κ3) is 6.56. The van der Waals surface area contributed by atoms with Gasteiger partial charge in [0.25, 0.3) is 5.91 Å². The van der Waals surface area contributed by atoms with Gasteiger partial charge in [-0.2, -0.15) is 5.10 Å². The number of amides is 1. The van der Waals surface area contributed by atoms with E-state index in [1.807, 2.05) is 31.2 Å². The van der Waals surface area contributed by atoms with Crippen molar-refractivity contribution in [3.05, 3.63) is 94.0 Å². The van der Waals surface area contributed by atoms with Gasteiger partial charge in [0.1, 0.15) is 11.5 Å². The number of halogens is 1. The van der Waals surface area contributed by atoms with Crippen LogP contribution in [0.5, 0.6) is 11.5 Å². The Morgan fingerprint density at radius 3 is 2.50 bits per heavy atom. The Labute approximate surface area is 182 Å². The topological polar surface area (TPSA) is 77.0 Å². The molecule has 0 fully saturated rings. The molecule has 0 heterocycles. The number of esters is 1. The molecule has 0 saturated heterocycles. The van der Waals surface area contributed by atoms with Gasteiger partial charge in [0.2, 0.25) is 0 Å². The molecule has 1 N–H and O–H groups in total. The molecule has 0 saturated carbocycles. The molecular weight excluding hydrogens is 448 g/mol. The van der Waals surface area contributed by atoms with Crippen LogP contribution in [-0.4, -0.2) is 24.7 Å². The first-order chi connectivity index (χ1) is 14.5. The highest BCUT2D eigenvalue weighted by molar-refractivity contribution is 9.10. The lowest BCUT2D eigenvalue weighted by molar-refractivity contribution is -0.123. The van der Waals surface area contributed by atoms with Crippen LogP contribution in [0, 0.1) is 6.92 Å². The summed E-state index contributed by atoms with van der Waals surface area (Å²) in [6, 6.07) is 21.2. The van der Waals surface area contributed by atoms with Gasteiger partial charge in [0.15, 0.2) is 6.61 Å². The third-order valence-electron chi connectivity index (χ3n) is 3.91. The van der Waals surface area contributed by atoms with Gasteiger partial charge >= 0.3 is 5.97 Å². The van der Waals surface area contributed by atoms with E-state index >= 15 is 0 Å². The predicted octanol–water partition coefficient (Wildman–Crippen LogP) is 4.51. The number of carbonyl (C=O) groups excluding carboxylic acids is 2. The Morgan fingerprint density at radius 2 is 1.77 bits per heavy atom. The third-order valence-corrected chi connectivity index (χ3v) is 4.41. The van der Waals surface area contributed by atoms with E-state index in [0.29, 0.717) is 17.1 Å². The minimum Gasteiger partial charge on any atom is -0.484 e. The second kappa shape index (κ2) is 10.4. The number of hydrogen-bond donors (Lipinski definition) is 1. The Bertz CT molecular complexity index is 1060. The van der Waals surface area contributed by atoms with E-state index in [1.54, 1.807) is 48.5 Å². The lowest BCUT2D eigenvalue weighted by atomic mass is 10.2. The number of hydrogen-bond acceptors (Lipinski definition) is 5.